The molecule has 0 bridgehead atoms. The molecule has 25 heavy (non-hydrogen) atoms. The lowest BCUT2D eigenvalue weighted by atomic mass is 10.1. The first kappa shape index (κ1) is 16.3. The van der Waals surface area contributed by atoms with Gasteiger partial charge in [0.15, 0.2) is 0 Å². The zero-order chi connectivity index (χ0) is 17.8. The van der Waals surface area contributed by atoms with E-state index in [1.807, 2.05) is 32.0 Å². The van der Waals surface area contributed by atoms with Crippen LogP contribution in [-0.4, -0.2) is 19.9 Å². The second-order valence-electron chi connectivity index (χ2n) is 5.46. The third-order valence-electron chi connectivity index (χ3n) is 3.55. The highest BCUT2D eigenvalue weighted by atomic mass is 16.6. The Morgan fingerprint density at radius 2 is 1.76 bits per heavy atom. The Morgan fingerprint density at radius 1 is 1.00 bits per heavy atom. The summed E-state index contributed by atoms with van der Waals surface area (Å²) in [6.45, 7) is 3.91. The summed E-state index contributed by atoms with van der Waals surface area (Å²) in [5.74, 6) is 0.651. The number of nitrogens with zero attached hydrogens (tertiary/aromatic N) is 4. The van der Waals surface area contributed by atoms with Gasteiger partial charge >= 0.3 is 5.69 Å². The highest BCUT2D eigenvalue weighted by molar-refractivity contribution is 5.76. The highest BCUT2D eigenvalue weighted by Gasteiger charge is 2.23. The fourth-order valence-electron chi connectivity index (χ4n) is 2.37. The molecule has 0 radical (unpaired) electrons. The Labute approximate surface area is 144 Å². The van der Waals surface area contributed by atoms with Crippen LogP contribution in [0.2, 0.25) is 0 Å². The van der Waals surface area contributed by atoms with Crippen molar-refractivity contribution in [1.82, 2.24) is 15.0 Å². The molecule has 0 saturated heterocycles. The maximum Gasteiger partial charge on any atom is 0.353 e. The topological polar surface area (TPSA) is 106 Å². The summed E-state index contributed by atoms with van der Waals surface area (Å²) in [4.78, 5) is 23.2. The zero-order valence-electron chi connectivity index (χ0n) is 13.7. The second kappa shape index (κ2) is 6.91. The summed E-state index contributed by atoms with van der Waals surface area (Å²) in [6, 6.07) is 11.0. The Balaban J connectivity index is 1.99. The van der Waals surface area contributed by atoms with Crippen molar-refractivity contribution in [2.45, 2.75) is 13.8 Å². The Morgan fingerprint density at radius 3 is 2.40 bits per heavy atom. The fourth-order valence-corrected chi connectivity index (χ4v) is 2.37. The van der Waals surface area contributed by atoms with Crippen molar-refractivity contribution >= 4 is 28.8 Å². The van der Waals surface area contributed by atoms with Gasteiger partial charge in [-0.3, -0.25) is 10.1 Å². The SMILES string of the molecule is Cc1ccc(Nc2ncnc(Nc3ccccn3)c2[N+](=O)[O-])c(C)c1. The van der Waals surface area contributed by atoms with E-state index in [2.05, 4.69) is 25.6 Å². The number of nitro groups is 1. The number of rotatable bonds is 5. The molecule has 3 aromatic rings. The number of benzene rings is 1. The zero-order valence-corrected chi connectivity index (χ0v) is 13.7. The summed E-state index contributed by atoms with van der Waals surface area (Å²) < 4.78 is 0. The number of pyridine rings is 1. The molecule has 0 amide bonds. The maximum atomic E-state index is 11.6. The lowest BCUT2D eigenvalue weighted by Gasteiger charge is -2.11. The van der Waals surface area contributed by atoms with E-state index in [0.717, 1.165) is 16.8 Å². The standard InChI is InChI=1S/C17H16N6O2/c1-11-6-7-13(12(2)9-11)21-16-15(23(24)25)17(20-10-19-16)22-14-5-3-4-8-18-14/h3-10H,1-2H3,(H2,18,19,20,21,22). The largest absolute Gasteiger partial charge is 0.353 e. The second-order valence-corrected chi connectivity index (χ2v) is 5.46. The molecule has 0 unspecified atom stereocenters. The highest BCUT2D eigenvalue weighted by Crippen LogP contribution is 2.33. The van der Waals surface area contributed by atoms with Gasteiger partial charge < -0.3 is 10.6 Å². The molecule has 2 N–H and O–H groups in total. The van der Waals surface area contributed by atoms with E-state index in [9.17, 15) is 10.1 Å². The molecule has 0 saturated carbocycles. The molecule has 0 aliphatic carbocycles. The smallest absolute Gasteiger partial charge is 0.334 e. The van der Waals surface area contributed by atoms with Crippen LogP contribution in [-0.2, 0) is 0 Å². The van der Waals surface area contributed by atoms with Gasteiger partial charge in [0.25, 0.3) is 0 Å². The molecule has 2 aromatic heterocycles. The van der Waals surface area contributed by atoms with E-state index < -0.39 is 4.92 Å². The van der Waals surface area contributed by atoms with Crippen molar-refractivity contribution in [2.24, 2.45) is 0 Å². The lowest BCUT2D eigenvalue weighted by Crippen LogP contribution is -2.06. The molecule has 3 rings (SSSR count). The van der Waals surface area contributed by atoms with Crippen LogP contribution in [0.15, 0.2) is 48.9 Å². The lowest BCUT2D eigenvalue weighted by molar-refractivity contribution is -0.383. The van der Waals surface area contributed by atoms with E-state index in [1.165, 1.54) is 6.33 Å². The number of hydrogen-bond donors (Lipinski definition) is 2. The molecule has 126 valence electrons. The third kappa shape index (κ3) is 3.69. The van der Waals surface area contributed by atoms with E-state index in [0.29, 0.717) is 5.82 Å². The van der Waals surface area contributed by atoms with Crippen molar-refractivity contribution in [3.05, 3.63) is 70.2 Å². The Bertz CT molecular complexity index is 914. The average Bonchev–Trinajstić information content (AvgIpc) is 2.58. The summed E-state index contributed by atoms with van der Waals surface area (Å²) in [7, 11) is 0. The number of hydrogen-bond acceptors (Lipinski definition) is 7. The molecule has 0 aliphatic rings. The summed E-state index contributed by atoms with van der Waals surface area (Å²) in [5.41, 5.74) is 2.58. The van der Waals surface area contributed by atoms with E-state index in [-0.39, 0.29) is 17.3 Å². The van der Waals surface area contributed by atoms with Gasteiger partial charge in [0.1, 0.15) is 12.1 Å². The minimum Gasteiger partial charge on any atom is -0.334 e. The summed E-state index contributed by atoms with van der Waals surface area (Å²) in [6.07, 6.45) is 2.86. The first-order valence-electron chi connectivity index (χ1n) is 7.56. The van der Waals surface area contributed by atoms with Crippen LogP contribution < -0.4 is 10.6 Å². The van der Waals surface area contributed by atoms with Crippen molar-refractivity contribution < 1.29 is 4.92 Å². The van der Waals surface area contributed by atoms with Crippen LogP contribution in [0.1, 0.15) is 11.1 Å². The van der Waals surface area contributed by atoms with Crippen LogP contribution >= 0.6 is 0 Å². The molecule has 8 heteroatoms. The van der Waals surface area contributed by atoms with Crippen LogP contribution in [0.25, 0.3) is 0 Å². The van der Waals surface area contributed by atoms with Crippen LogP contribution in [0, 0.1) is 24.0 Å². The molecule has 8 nitrogen and oxygen atoms in total. The van der Waals surface area contributed by atoms with Crippen molar-refractivity contribution in [1.29, 1.82) is 0 Å². The predicted molar refractivity (Wildman–Crippen MR) is 95.4 cm³/mol. The number of anilines is 4. The quantitative estimate of drug-likeness (QED) is 0.538. The van der Waals surface area contributed by atoms with Gasteiger partial charge in [-0.15, -0.1) is 0 Å². The van der Waals surface area contributed by atoms with Crippen molar-refractivity contribution in [2.75, 3.05) is 10.6 Å². The number of nitrogens with one attached hydrogen (secondary N) is 2. The van der Waals surface area contributed by atoms with Crippen LogP contribution in [0.5, 0.6) is 0 Å². The minimum atomic E-state index is -0.517. The monoisotopic (exact) mass is 336 g/mol. The Kier molecular flexibility index (Phi) is 4.51. The first-order valence-corrected chi connectivity index (χ1v) is 7.56. The molecule has 0 spiro atoms. The molecule has 0 fully saturated rings. The fraction of sp³-hybridized carbons (Fsp3) is 0.118. The van der Waals surface area contributed by atoms with Gasteiger partial charge in [-0.05, 0) is 37.6 Å². The van der Waals surface area contributed by atoms with Crippen LogP contribution in [0.3, 0.4) is 0 Å². The predicted octanol–water partition coefficient (Wildman–Crippen LogP) is 3.88. The van der Waals surface area contributed by atoms with Gasteiger partial charge in [0.05, 0.1) is 4.92 Å². The average molecular weight is 336 g/mol. The van der Waals surface area contributed by atoms with E-state index >= 15 is 0 Å². The van der Waals surface area contributed by atoms with Gasteiger partial charge in [-0.2, -0.15) is 0 Å². The summed E-state index contributed by atoms with van der Waals surface area (Å²) in [5, 5.41) is 17.5. The van der Waals surface area contributed by atoms with E-state index in [1.54, 1.807) is 24.4 Å². The first-order chi connectivity index (χ1) is 12.0. The summed E-state index contributed by atoms with van der Waals surface area (Å²) >= 11 is 0. The van der Waals surface area contributed by atoms with Gasteiger partial charge in [-0.1, -0.05) is 23.8 Å². The van der Waals surface area contributed by atoms with Gasteiger partial charge in [0, 0.05) is 11.9 Å². The van der Waals surface area contributed by atoms with E-state index in [4.69, 9.17) is 0 Å². The maximum absolute atomic E-state index is 11.6. The molecule has 0 atom stereocenters. The molecular formula is C17H16N6O2. The molecule has 2 heterocycles. The van der Waals surface area contributed by atoms with Crippen LogP contribution in [0.4, 0.5) is 28.8 Å². The third-order valence-corrected chi connectivity index (χ3v) is 3.55. The number of aryl methyl sites for hydroxylation is 2. The molecular weight excluding hydrogens is 320 g/mol. The van der Waals surface area contributed by atoms with Gasteiger partial charge in [0.2, 0.25) is 11.6 Å². The molecule has 0 aliphatic heterocycles. The number of aromatic nitrogens is 3. The van der Waals surface area contributed by atoms with Gasteiger partial charge in [-0.25, -0.2) is 15.0 Å². The van der Waals surface area contributed by atoms with Crippen molar-refractivity contribution in [3.8, 4) is 0 Å². The Hall–Kier alpha value is -3.55. The van der Waals surface area contributed by atoms with Crippen molar-refractivity contribution in [3.63, 3.8) is 0 Å². The minimum absolute atomic E-state index is 0.0750. The normalized spacial score (nSPS) is 10.3. The molecule has 1 aromatic carbocycles.